The third-order valence-electron chi connectivity index (χ3n) is 2.70. The highest BCUT2D eigenvalue weighted by atomic mass is 16.6. The molecule has 1 saturated heterocycles. The van der Waals surface area contributed by atoms with E-state index in [9.17, 15) is 10.1 Å². The van der Waals surface area contributed by atoms with Crippen LogP contribution in [-0.2, 0) is 0 Å². The Kier molecular flexibility index (Phi) is 3.31. The van der Waals surface area contributed by atoms with Gasteiger partial charge in [0.25, 0.3) is 0 Å². The van der Waals surface area contributed by atoms with Crippen LogP contribution in [0.4, 0.5) is 11.5 Å². The van der Waals surface area contributed by atoms with E-state index >= 15 is 0 Å². The second kappa shape index (κ2) is 4.89. The molecule has 2 N–H and O–H groups in total. The summed E-state index contributed by atoms with van der Waals surface area (Å²) in [4.78, 5) is 14.3. The predicted molar refractivity (Wildman–Crippen MR) is 60.4 cm³/mol. The minimum absolute atomic E-state index is 0.0356. The Bertz CT molecular complexity index is 377. The molecule has 0 aliphatic carbocycles. The van der Waals surface area contributed by atoms with E-state index in [1.54, 1.807) is 12.3 Å². The molecular formula is C10H14N4O2. The van der Waals surface area contributed by atoms with Crippen molar-refractivity contribution in [1.82, 2.24) is 10.3 Å². The van der Waals surface area contributed by atoms with E-state index in [0.717, 1.165) is 26.1 Å². The highest BCUT2D eigenvalue weighted by molar-refractivity contribution is 5.55. The molecule has 6 nitrogen and oxygen atoms in total. The van der Waals surface area contributed by atoms with Crippen molar-refractivity contribution in [2.75, 3.05) is 25.0 Å². The molecule has 0 amide bonds. The summed E-state index contributed by atoms with van der Waals surface area (Å²) in [5.41, 5.74) is 0.0356. The van der Waals surface area contributed by atoms with Gasteiger partial charge in [-0.1, -0.05) is 0 Å². The lowest BCUT2D eigenvalue weighted by molar-refractivity contribution is -0.384. The molecule has 1 fully saturated rings. The summed E-state index contributed by atoms with van der Waals surface area (Å²) in [5.74, 6) is 0.890. The molecule has 0 radical (unpaired) electrons. The Morgan fingerprint density at radius 2 is 2.56 bits per heavy atom. The summed E-state index contributed by atoms with van der Waals surface area (Å²) >= 11 is 0. The van der Waals surface area contributed by atoms with E-state index < -0.39 is 4.92 Å². The fourth-order valence-corrected chi connectivity index (χ4v) is 1.81. The van der Waals surface area contributed by atoms with Gasteiger partial charge in [0.05, 0.1) is 4.92 Å². The van der Waals surface area contributed by atoms with E-state index in [1.165, 1.54) is 6.07 Å². The Balaban J connectivity index is 2.00. The fraction of sp³-hybridized carbons (Fsp3) is 0.500. The van der Waals surface area contributed by atoms with Crippen LogP contribution >= 0.6 is 0 Å². The number of anilines is 1. The van der Waals surface area contributed by atoms with Gasteiger partial charge in [-0.25, -0.2) is 4.98 Å². The zero-order valence-corrected chi connectivity index (χ0v) is 8.85. The number of aromatic nitrogens is 1. The summed E-state index contributed by atoms with van der Waals surface area (Å²) in [7, 11) is 0. The van der Waals surface area contributed by atoms with Crippen LogP contribution in [0.25, 0.3) is 0 Å². The summed E-state index contributed by atoms with van der Waals surface area (Å²) in [5, 5.41) is 17.0. The molecule has 0 unspecified atom stereocenters. The van der Waals surface area contributed by atoms with E-state index in [-0.39, 0.29) is 5.69 Å². The van der Waals surface area contributed by atoms with Gasteiger partial charge in [-0.2, -0.15) is 0 Å². The van der Waals surface area contributed by atoms with Crippen molar-refractivity contribution in [1.29, 1.82) is 0 Å². The Morgan fingerprint density at radius 3 is 3.25 bits per heavy atom. The van der Waals surface area contributed by atoms with Gasteiger partial charge < -0.3 is 10.6 Å². The number of nitrogens with one attached hydrogen (secondary N) is 2. The van der Waals surface area contributed by atoms with Gasteiger partial charge in [-0.05, 0) is 31.5 Å². The minimum Gasteiger partial charge on any atom is -0.364 e. The molecule has 1 aliphatic heterocycles. The molecule has 0 bridgehead atoms. The lowest BCUT2D eigenvalue weighted by atomic mass is 10.1. The van der Waals surface area contributed by atoms with Crippen LogP contribution in [0.1, 0.15) is 6.42 Å². The molecule has 0 spiro atoms. The molecule has 16 heavy (non-hydrogen) atoms. The van der Waals surface area contributed by atoms with Crippen LogP contribution in [0.5, 0.6) is 0 Å². The Morgan fingerprint density at radius 1 is 1.69 bits per heavy atom. The first-order valence-corrected chi connectivity index (χ1v) is 5.31. The molecule has 0 aromatic carbocycles. The standard InChI is InChI=1S/C10H14N4O2/c15-14(16)9-2-1-4-12-10(9)13-7-8-3-5-11-6-8/h1-2,4,8,11H,3,5-7H2,(H,12,13)/t8-/m0/s1. The molecule has 86 valence electrons. The van der Waals surface area contributed by atoms with Gasteiger partial charge >= 0.3 is 5.69 Å². The second-order valence-electron chi connectivity index (χ2n) is 3.87. The summed E-state index contributed by atoms with van der Waals surface area (Å²) < 4.78 is 0. The minimum atomic E-state index is -0.414. The van der Waals surface area contributed by atoms with Crippen LogP contribution in [0, 0.1) is 16.0 Å². The van der Waals surface area contributed by atoms with Crippen molar-refractivity contribution in [3.8, 4) is 0 Å². The molecule has 6 heteroatoms. The fourth-order valence-electron chi connectivity index (χ4n) is 1.81. The lowest BCUT2D eigenvalue weighted by Crippen LogP contribution is -2.18. The zero-order valence-electron chi connectivity index (χ0n) is 8.85. The molecule has 1 aromatic heterocycles. The first kappa shape index (κ1) is 10.8. The second-order valence-corrected chi connectivity index (χ2v) is 3.87. The number of nitrogens with zero attached hydrogens (tertiary/aromatic N) is 2. The monoisotopic (exact) mass is 222 g/mol. The van der Waals surface area contributed by atoms with Crippen LogP contribution in [0.3, 0.4) is 0 Å². The smallest absolute Gasteiger partial charge is 0.311 e. The number of pyridine rings is 1. The van der Waals surface area contributed by atoms with E-state index in [2.05, 4.69) is 15.6 Å². The lowest BCUT2D eigenvalue weighted by Gasteiger charge is -2.10. The van der Waals surface area contributed by atoms with E-state index in [1.807, 2.05) is 0 Å². The maximum absolute atomic E-state index is 10.7. The maximum atomic E-state index is 10.7. The average molecular weight is 222 g/mol. The number of hydrogen-bond donors (Lipinski definition) is 2. The molecule has 1 aromatic rings. The van der Waals surface area contributed by atoms with Gasteiger partial charge in [0, 0.05) is 18.8 Å². The van der Waals surface area contributed by atoms with Crippen molar-refractivity contribution in [2.45, 2.75) is 6.42 Å². The first-order chi connectivity index (χ1) is 7.77. The summed E-state index contributed by atoms with van der Waals surface area (Å²) in [6.07, 6.45) is 2.66. The number of nitro groups is 1. The van der Waals surface area contributed by atoms with Gasteiger partial charge in [-0.15, -0.1) is 0 Å². The van der Waals surface area contributed by atoms with Crippen molar-refractivity contribution in [2.24, 2.45) is 5.92 Å². The zero-order chi connectivity index (χ0) is 11.4. The van der Waals surface area contributed by atoms with E-state index in [4.69, 9.17) is 0 Å². The molecule has 2 rings (SSSR count). The quantitative estimate of drug-likeness (QED) is 0.587. The topological polar surface area (TPSA) is 80.1 Å². The summed E-state index contributed by atoms with van der Waals surface area (Å²) in [6.45, 7) is 2.72. The van der Waals surface area contributed by atoms with Gasteiger partial charge in [0.2, 0.25) is 5.82 Å². The normalized spacial score (nSPS) is 19.6. The molecule has 2 heterocycles. The first-order valence-electron chi connectivity index (χ1n) is 5.31. The third-order valence-corrected chi connectivity index (χ3v) is 2.70. The molecule has 1 aliphatic rings. The highest BCUT2D eigenvalue weighted by Crippen LogP contribution is 2.21. The van der Waals surface area contributed by atoms with Crippen LogP contribution < -0.4 is 10.6 Å². The molecule has 1 atom stereocenters. The van der Waals surface area contributed by atoms with Crippen LogP contribution in [-0.4, -0.2) is 29.5 Å². The Labute approximate surface area is 93.2 Å². The highest BCUT2D eigenvalue weighted by Gasteiger charge is 2.17. The molecule has 0 saturated carbocycles. The van der Waals surface area contributed by atoms with Crippen molar-refractivity contribution in [3.05, 3.63) is 28.4 Å². The van der Waals surface area contributed by atoms with E-state index in [0.29, 0.717) is 11.7 Å². The van der Waals surface area contributed by atoms with Crippen molar-refractivity contribution < 1.29 is 4.92 Å². The average Bonchev–Trinajstić information content (AvgIpc) is 2.79. The maximum Gasteiger partial charge on any atom is 0.311 e. The van der Waals surface area contributed by atoms with Gasteiger partial charge in [0.1, 0.15) is 0 Å². The third kappa shape index (κ3) is 2.46. The number of rotatable bonds is 4. The van der Waals surface area contributed by atoms with Crippen molar-refractivity contribution >= 4 is 11.5 Å². The van der Waals surface area contributed by atoms with Crippen LogP contribution in [0.15, 0.2) is 18.3 Å². The molecular weight excluding hydrogens is 208 g/mol. The predicted octanol–water partition coefficient (Wildman–Crippen LogP) is 1.01. The SMILES string of the molecule is O=[N+]([O-])c1cccnc1NC[C@H]1CCNC1. The van der Waals surface area contributed by atoms with Crippen molar-refractivity contribution in [3.63, 3.8) is 0 Å². The largest absolute Gasteiger partial charge is 0.364 e. The number of hydrogen-bond acceptors (Lipinski definition) is 5. The van der Waals surface area contributed by atoms with Crippen LogP contribution in [0.2, 0.25) is 0 Å². The van der Waals surface area contributed by atoms with Gasteiger partial charge in [0.15, 0.2) is 0 Å². The summed E-state index contributed by atoms with van der Waals surface area (Å²) in [6, 6.07) is 3.03. The van der Waals surface area contributed by atoms with Gasteiger partial charge in [-0.3, -0.25) is 10.1 Å². The Hall–Kier alpha value is -1.69.